The number of rotatable bonds is 10. The number of imidazole rings is 1. The molecule has 4 N–H and O–H groups in total. The van der Waals surface area contributed by atoms with Crippen LogP contribution in [0.4, 0.5) is 4.39 Å². The van der Waals surface area contributed by atoms with Gasteiger partial charge in [-0.05, 0) is 62.3 Å². The topological polar surface area (TPSA) is 148 Å². The summed E-state index contributed by atoms with van der Waals surface area (Å²) >= 11 is 0. The van der Waals surface area contributed by atoms with E-state index in [9.17, 15) is 9.18 Å². The van der Waals surface area contributed by atoms with Gasteiger partial charge in [-0.2, -0.15) is 5.26 Å². The van der Waals surface area contributed by atoms with Gasteiger partial charge in [0.25, 0.3) is 0 Å². The molecule has 0 radical (unpaired) electrons. The smallest absolute Gasteiger partial charge is 0.248 e. The lowest BCUT2D eigenvalue weighted by molar-refractivity contribution is 0.100. The third-order valence-electron chi connectivity index (χ3n) is 7.34. The normalized spacial score (nSPS) is 14.4. The number of nitrogens with zero attached hydrogens (tertiary/aromatic N) is 6. The lowest BCUT2D eigenvalue weighted by Crippen LogP contribution is -2.33. The number of nitriles is 1. The molecule has 1 saturated heterocycles. The summed E-state index contributed by atoms with van der Waals surface area (Å²) in [6.07, 6.45) is 3.13. The zero-order valence-electron chi connectivity index (χ0n) is 22.5. The molecule has 2 aromatic heterocycles. The van der Waals surface area contributed by atoms with Crippen LogP contribution in [0.25, 0.3) is 11.0 Å². The number of aliphatic imine (C=N–C) groups is 1. The Balaban J connectivity index is 1.23. The fourth-order valence-electron chi connectivity index (χ4n) is 5.14. The summed E-state index contributed by atoms with van der Waals surface area (Å²) in [6.45, 7) is 3.51. The number of ether oxygens (including phenoxy) is 1. The monoisotopic (exact) mass is 554 g/mol. The minimum absolute atomic E-state index is 0.0327. The lowest BCUT2D eigenvalue weighted by Gasteiger charge is -2.31. The Labute approximate surface area is 237 Å². The fraction of sp³-hybridized carbons (Fsp3) is 0.300. The molecule has 41 heavy (non-hydrogen) atoms. The van der Waals surface area contributed by atoms with Gasteiger partial charge in [-0.3, -0.25) is 14.7 Å². The van der Waals surface area contributed by atoms with Gasteiger partial charge in [0.2, 0.25) is 11.8 Å². The summed E-state index contributed by atoms with van der Waals surface area (Å²) in [4.78, 5) is 27.8. The number of amides is 1. The number of nitrogens with two attached hydrogens (primary N) is 2. The maximum atomic E-state index is 14.2. The number of halogens is 1. The molecule has 1 aliphatic heterocycles. The second-order valence-corrected chi connectivity index (χ2v) is 9.96. The van der Waals surface area contributed by atoms with Gasteiger partial charge in [0.05, 0.1) is 42.1 Å². The molecule has 0 bridgehead atoms. The molecular formula is C30H31FN8O2. The van der Waals surface area contributed by atoms with Crippen molar-refractivity contribution < 1.29 is 13.9 Å². The molecule has 10 nitrogen and oxygen atoms in total. The molecule has 0 aliphatic carbocycles. The van der Waals surface area contributed by atoms with Crippen molar-refractivity contribution in [2.24, 2.45) is 16.5 Å². The van der Waals surface area contributed by atoms with Crippen molar-refractivity contribution in [2.75, 3.05) is 19.6 Å². The molecule has 1 fully saturated rings. The molecule has 0 unspecified atom stereocenters. The number of carbonyl (C=O) groups is 1. The summed E-state index contributed by atoms with van der Waals surface area (Å²) in [6, 6.07) is 17.2. The van der Waals surface area contributed by atoms with Crippen LogP contribution < -0.4 is 16.2 Å². The zero-order chi connectivity index (χ0) is 28.8. The van der Waals surface area contributed by atoms with Gasteiger partial charge in [0.1, 0.15) is 18.2 Å². The first-order valence-electron chi connectivity index (χ1n) is 13.4. The van der Waals surface area contributed by atoms with Crippen LogP contribution >= 0.6 is 0 Å². The first-order chi connectivity index (χ1) is 19.9. The van der Waals surface area contributed by atoms with E-state index in [2.05, 4.69) is 14.5 Å². The van der Waals surface area contributed by atoms with Gasteiger partial charge in [0.15, 0.2) is 0 Å². The van der Waals surface area contributed by atoms with Crippen molar-refractivity contribution in [2.45, 2.75) is 38.5 Å². The van der Waals surface area contributed by atoms with E-state index in [1.54, 1.807) is 30.3 Å². The van der Waals surface area contributed by atoms with E-state index in [1.165, 1.54) is 12.4 Å². The lowest BCUT2D eigenvalue weighted by atomic mass is 9.93. The highest BCUT2D eigenvalue weighted by Gasteiger charge is 2.24. The van der Waals surface area contributed by atoms with Crippen LogP contribution in [-0.2, 0) is 19.7 Å². The first-order valence-corrected chi connectivity index (χ1v) is 13.4. The molecule has 11 heteroatoms. The molecule has 0 saturated carbocycles. The van der Waals surface area contributed by atoms with E-state index < -0.39 is 11.7 Å². The van der Waals surface area contributed by atoms with Gasteiger partial charge < -0.3 is 20.8 Å². The van der Waals surface area contributed by atoms with Crippen LogP contribution in [0.15, 0.2) is 59.6 Å². The molecule has 3 heterocycles. The quantitative estimate of drug-likeness (QED) is 0.225. The Morgan fingerprint density at radius 3 is 2.73 bits per heavy atom. The predicted molar refractivity (Wildman–Crippen MR) is 153 cm³/mol. The van der Waals surface area contributed by atoms with Gasteiger partial charge in [-0.1, -0.05) is 12.1 Å². The van der Waals surface area contributed by atoms with E-state index in [4.69, 9.17) is 31.4 Å². The molecular weight excluding hydrogens is 523 g/mol. The highest BCUT2D eigenvalue weighted by Crippen LogP contribution is 2.29. The zero-order valence-corrected chi connectivity index (χ0v) is 22.5. The van der Waals surface area contributed by atoms with Gasteiger partial charge in [0, 0.05) is 35.3 Å². The maximum absolute atomic E-state index is 14.2. The van der Waals surface area contributed by atoms with E-state index in [1.807, 2.05) is 24.3 Å². The number of piperidine rings is 1. The van der Waals surface area contributed by atoms with Gasteiger partial charge >= 0.3 is 0 Å². The molecule has 2 aromatic carbocycles. The van der Waals surface area contributed by atoms with E-state index in [0.29, 0.717) is 36.6 Å². The van der Waals surface area contributed by atoms with Crippen LogP contribution in [0.2, 0.25) is 0 Å². The largest absolute Gasteiger partial charge is 0.473 e. The van der Waals surface area contributed by atoms with Crippen molar-refractivity contribution in [3.8, 4) is 11.9 Å². The Morgan fingerprint density at radius 1 is 1.17 bits per heavy atom. The van der Waals surface area contributed by atoms with Gasteiger partial charge in [-0.15, -0.1) is 0 Å². The molecule has 0 spiro atoms. The number of primary amides is 1. The molecule has 210 valence electrons. The predicted octanol–water partition coefficient (Wildman–Crippen LogP) is 3.49. The minimum Gasteiger partial charge on any atom is -0.473 e. The highest BCUT2D eigenvalue weighted by atomic mass is 19.1. The average molecular weight is 555 g/mol. The van der Waals surface area contributed by atoms with Crippen LogP contribution in [0.3, 0.4) is 0 Å². The SMILES string of the molecule is N#Cc1ccc(COc2cccc(C3CCN(Cc4nc5ccc(C(N)=O)cc5n4CCN=CN)CC3)n2)c(F)c1. The summed E-state index contributed by atoms with van der Waals surface area (Å²) in [5.41, 5.74) is 14.6. The van der Waals surface area contributed by atoms with E-state index in [0.717, 1.165) is 48.5 Å². The first kappa shape index (κ1) is 27.7. The van der Waals surface area contributed by atoms with Gasteiger partial charge in [-0.25, -0.2) is 14.4 Å². The fourth-order valence-corrected chi connectivity index (χ4v) is 5.14. The van der Waals surface area contributed by atoms with Crippen molar-refractivity contribution in [1.29, 1.82) is 5.26 Å². The number of aromatic nitrogens is 3. The number of benzene rings is 2. The number of hydrogen-bond donors (Lipinski definition) is 2. The number of pyridine rings is 1. The Kier molecular flexibility index (Phi) is 8.50. The van der Waals surface area contributed by atoms with Crippen LogP contribution in [-0.4, -0.2) is 51.3 Å². The van der Waals surface area contributed by atoms with Crippen LogP contribution in [0.1, 0.15) is 51.8 Å². The van der Waals surface area contributed by atoms with Crippen molar-refractivity contribution in [1.82, 2.24) is 19.4 Å². The summed E-state index contributed by atoms with van der Waals surface area (Å²) < 4.78 is 22.1. The maximum Gasteiger partial charge on any atom is 0.248 e. The van der Waals surface area contributed by atoms with Crippen molar-refractivity contribution in [3.63, 3.8) is 0 Å². The minimum atomic E-state index is -0.479. The summed E-state index contributed by atoms with van der Waals surface area (Å²) in [5, 5.41) is 8.93. The second kappa shape index (κ2) is 12.6. The van der Waals surface area contributed by atoms with Crippen molar-refractivity contribution in [3.05, 3.63) is 88.6 Å². The van der Waals surface area contributed by atoms with E-state index in [-0.39, 0.29) is 18.1 Å². The highest BCUT2D eigenvalue weighted by molar-refractivity contribution is 5.96. The standard InChI is InChI=1S/C30H31FN8O2/c31-24-14-20(16-32)4-5-23(24)18-41-29-3-1-2-25(37-29)21-8-11-38(12-9-21)17-28-36-26-7-6-22(30(34)40)15-27(26)39(28)13-10-35-19-33/h1-7,14-15,19,21H,8-13,17-18H2,(H2,33,35)(H2,34,40). The Morgan fingerprint density at radius 2 is 2.00 bits per heavy atom. The average Bonchev–Trinajstić information content (AvgIpc) is 3.33. The van der Waals surface area contributed by atoms with Crippen molar-refractivity contribution >= 4 is 23.3 Å². The molecule has 0 atom stereocenters. The van der Waals surface area contributed by atoms with Crippen LogP contribution in [0, 0.1) is 17.1 Å². The molecule has 1 aliphatic rings. The van der Waals surface area contributed by atoms with E-state index >= 15 is 0 Å². The molecule has 1 amide bonds. The third kappa shape index (κ3) is 6.50. The Bertz CT molecular complexity index is 1620. The number of hydrogen-bond acceptors (Lipinski definition) is 7. The summed E-state index contributed by atoms with van der Waals surface area (Å²) in [5.74, 6) is 0.667. The number of likely N-dealkylation sites (tertiary alicyclic amines) is 1. The third-order valence-corrected chi connectivity index (χ3v) is 7.34. The second-order valence-electron chi connectivity index (χ2n) is 9.96. The molecule has 5 rings (SSSR count). The number of fused-ring (bicyclic) bond motifs is 1. The number of carbonyl (C=O) groups excluding carboxylic acids is 1. The Hall–Kier alpha value is -4.82. The van der Waals surface area contributed by atoms with Crippen LogP contribution in [0.5, 0.6) is 5.88 Å². The molecule has 4 aromatic rings. The summed E-state index contributed by atoms with van der Waals surface area (Å²) in [7, 11) is 0.